The van der Waals surface area contributed by atoms with Crippen molar-refractivity contribution in [2.45, 2.75) is 18.9 Å². The lowest BCUT2D eigenvalue weighted by atomic mass is 10.2. The molecule has 30 heavy (non-hydrogen) atoms. The van der Waals surface area contributed by atoms with Crippen LogP contribution in [0.15, 0.2) is 59.1 Å². The number of oxazole rings is 1. The number of nitrogens with zero attached hydrogens (tertiary/aromatic N) is 1. The number of rotatable bonds is 5. The van der Waals surface area contributed by atoms with Gasteiger partial charge in [0.2, 0.25) is 12.0 Å². The molecule has 2 heterocycles. The highest BCUT2D eigenvalue weighted by atomic mass is 19.1. The lowest BCUT2D eigenvalue weighted by Gasteiger charge is -2.25. The summed E-state index contributed by atoms with van der Waals surface area (Å²) >= 11 is 0. The molecule has 4 rings (SSSR count). The van der Waals surface area contributed by atoms with Crippen LogP contribution in [-0.4, -0.2) is 29.5 Å². The van der Waals surface area contributed by atoms with Gasteiger partial charge in [-0.25, -0.2) is 9.37 Å². The van der Waals surface area contributed by atoms with Crippen LogP contribution in [0.5, 0.6) is 11.5 Å². The van der Waals surface area contributed by atoms with Crippen LogP contribution < -0.4 is 20.3 Å². The summed E-state index contributed by atoms with van der Waals surface area (Å²) in [7, 11) is 0. The second-order valence-electron chi connectivity index (χ2n) is 6.53. The SMILES string of the molecule is O=C(CCc1ncc(-c2ccc(F)cc2)o1)NNC(=O)C1COc2ccccc2O1. The average molecular weight is 411 g/mol. The Labute approximate surface area is 171 Å². The van der Waals surface area contributed by atoms with Crippen LogP contribution in [0.3, 0.4) is 0 Å². The van der Waals surface area contributed by atoms with E-state index in [0.717, 1.165) is 0 Å². The third-order valence-electron chi connectivity index (χ3n) is 4.37. The monoisotopic (exact) mass is 411 g/mol. The third-order valence-corrected chi connectivity index (χ3v) is 4.37. The number of fused-ring (bicyclic) bond motifs is 1. The van der Waals surface area contributed by atoms with E-state index in [-0.39, 0.29) is 25.3 Å². The van der Waals surface area contributed by atoms with E-state index in [1.807, 2.05) is 0 Å². The topological polar surface area (TPSA) is 103 Å². The van der Waals surface area contributed by atoms with Gasteiger partial charge in [-0.3, -0.25) is 20.4 Å². The fraction of sp³-hybridized carbons (Fsp3) is 0.190. The molecule has 0 spiro atoms. The fourth-order valence-electron chi connectivity index (χ4n) is 2.82. The highest BCUT2D eigenvalue weighted by molar-refractivity contribution is 5.85. The van der Waals surface area contributed by atoms with E-state index in [9.17, 15) is 14.0 Å². The van der Waals surface area contributed by atoms with Crippen molar-refractivity contribution in [2.75, 3.05) is 6.61 Å². The van der Waals surface area contributed by atoms with Gasteiger partial charge in [0.1, 0.15) is 12.4 Å². The highest BCUT2D eigenvalue weighted by Gasteiger charge is 2.27. The molecule has 2 N–H and O–H groups in total. The molecular weight excluding hydrogens is 393 g/mol. The number of ether oxygens (including phenoxy) is 2. The Bertz CT molecular complexity index is 1050. The molecule has 2 amide bonds. The van der Waals surface area contributed by atoms with Crippen molar-refractivity contribution in [1.29, 1.82) is 0 Å². The molecule has 1 aliphatic rings. The van der Waals surface area contributed by atoms with Crippen molar-refractivity contribution in [2.24, 2.45) is 0 Å². The number of aryl methyl sites for hydroxylation is 1. The van der Waals surface area contributed by atoms with Crippen LogP contribution in [-0.2, 0) is 16.0 Å². The van der Waals surface area contributed by atoms with Gasteiger partial charge in [0, 0.05) is 18.4 Å². The smallest absolute Gasteiger partial charge is 0.283 e. The Morgan fingerprint density at radius 1 is 1.07 bits per heavy atom. The van der Waals surface area contributed by atoms with Crippen molar-refractivity contribution in [3.8, 4) is 22.8 Å². The largest absolute Gasteiger partial charge is 0.485 e. The summed E-state index contributed by atoms with van der Waals surface area (Å²) in [5, 5.41) is 0. The normalized spacial score (nSPS) is 14.8. The zero-order chi connectivity index (χ0) is 20.9. The first-order chi connectivity index (χ1) is 14.6. The molecule has 1 unspecified atom stereocenters. The minimum atomic E-state index is -0.870. The lowest BCUT2D eigenvalue weighted by Crippen LogP contribution is -2.50. The van der Waals surface area contributed by atoms with Crippen LogP contribution in [0.1, 0.15) is 12.3 Å². The average Bonchev–Trinajstić information content (AvgIpc) is 3.25. The second kappa shape index (κ2) is 8.64. The summed E-state index contributed by atoms with van der Waals surface area (Å²) in [5.41, 5.74) is 5.34. The number of nitrogens with one attached hydrogen (secondary N) is 2. The van der Waals surface area contributed by atoms with Gasteiger partial charge in [0.05, 0.1) is 6.20 Å². The predicted molar refractivity (Wildman–Crippen MR) is 103 cm³/mol. The van der Waals surface area contributed by atoms with Gasteiger partial charge in [-0.05, 0) is 36.4 Å². The number of carbonyl (C=O) groups is 2. The molecule has 154 valence electrons. The summed E-state index contributed by atoms with van der Waals surface area (Å²) in [6.07, 6.45) is 0.930. The van der Waals surface area contributed by atoms with E-state index in [4.69, 9.17) is 13.9 Å². The molecule has 9 heteroatoms. The maximum absolute atomic E-state index is 13.0. The van der Waals surface area contributed by atoms with E-state index < -0.39 is 17.9 Å². The van der Waals surface area contributed by atoms with E-state index in [1.165, 1.54) is 18.3 Å². The molecule has 0 saturated carbocycles. The fourth-order valence-corrected chi connectivity index (χ4v) is 2.82. The Kier molecular flexibility index (Phi) is 5.60. The van der Waals surface area contributed by atoms with E-state index in [2.05, 4.69) is 15.8 Å². The molecule has 0 radical (unpaired) electrons. The number of hydrogen-bond donors (Lipinski definition) is 2. The number of hydrogen-bond acceptors (Lipinski definition) is 6. The maximum Gasteiger partial charge on any atom is 0.283 e. The number of para-hydroxylation sites is 2. The quantitative estimate of drug-likeness (QED) is 0.625. The number of halogens is 1. The first-order valence-electron chi connectivity index (χ1n) is 9.26. The van der Waals surface area contributed by atoms with Gasteiger partial charge in [-0.2, -0.15) is 0 Å². The van der Waals surface area contributed by atoms with Crippen LogP contribution in [0.4, 0.5) is 4.39 Å². The first-order valence-corrected chi connectivity index (χ1v) is 9.26. The Hall–Kier alpha value is -3.88. The van der Waals surface area contributed by atoms with Gasteiger partial charge >= 0.3 is 0 Å². The second-order valence-corrected chi connectivity index (χ2v) is 6.53. The number of hydrazine groups is 1. The summed E-state index contributed by atoms with van der Waals surface area (Å²) in [6.45, 7) is 0.0429. The highest BCUT2D eigenvalue weighted by Crippen LogP contribution is 2.30. The minimum Gasteiger partial charge on any atom is -0.485 e. The zero-order valence-corrected chi connectivity index (χ0v) is 15.8. The summed E-state index contributed by atoms with van der Waals surface area (Å²) in [5.74, 6) is 0.596. The molecule has 0 aliphatic carbocycles. The Balaban J connectivity index is 1.23. The van der Waals surface area contributed by atoms with Gasteiger partial charge < -0.3 is 13.9 Å². The van der Waals surface area contributed by atoms with Gasteiger partial charge in [0.15, 0.2) is 23.1 Å². The molecule has 2 aromatic carbocycles. The maximum atomic E-state index is 13.0. The van der Waals surface area contributed by atoms with E-state index >= 15 is 0 Å². The standard InChI is InChI=1S/C21H18FN3O5/c22-14-7-5-13(6-8-14)17-11-23-20(30-17)10-9-19(26)24-25-21(27)18-12-28-15-3-1-2-4-16(15)29-18/h1-8,11,18H,9-10,12H2,(H,24,26)(H,25,27). The molecule has 1 aromatic heterocycles. The predicted octanol–water partition coefficient (Wildman–Crippen LogP) is 2.40. The van der Waals surface area contributed by atoms with Gasteiger partial charge in [0.25, 0.3) is 5.91 Å². The number of benzene rings is 2. The number of carbonyl (C=O) groups excluding carboxylic acids is 2. The van der Waals surface area contributed by atoms with E-state index in [1.54, 1.807) is 36.4 Å². The number of amides is 2. The summed E-state index contributed by atoms with van der Waals surface area (Å²) in [4.78, 5) is 28.3. The molecule has 0 saturated heterocycles. The Morgan fingerprint density at radius 3 is 2.63 bits per heavy atom. The molecule has 1 atom stereocenters. The van der Waals surface area contributed by atoms with Crippen molar-refractivity contribution in [1.82, 2.24) is 15.8 Å². The van der Waals surface area contributed by atoms with Crippen LogP contribution in [0.25, 0.3) is 11.3 Å². The van der Waals surface area contributed by atoms with Crippen molar-refractivity contribution in [3.63, 3.8) is 0 Å². The van der Waals surface area contributed by atoms with Gasteiger partial charge in [-0.15, -0.1) is 0 Å². The van der Waals surface area contributed by atoms with Crippen LogP contribution >= 0.6 is 0 Å². The molecule has 3 aromatic rings. The van der Waals surface area contributed by atoms with Crippen LogP contribution in [0.2, 0.25) is 0 Å². The third kappa shape index (κ3) is 4.57. The van der Waals surface area contributed by atoms with Crippen molar-refractivity contribution in [3.05, 3.63) is 66.4 Å². The summed E-state index contributed by atoms with van der Waals surface area (Å²) < 4.78 is 29.6. The molecular formula is C21H18FN3O5. The molecule has 1 aliphatic heterocycles. The first kappa shape index (κ1) is 19.4. The minimum absolute atomic E-state index is 0.0429. The van der Waals surface area contributed by atoms with Crippen LogP contribution in [0, 0.1) is 5.82 Å². The molecule has 8 nitrogen and oxygen atoms in total. The lowest BCUT2D eigenvalue weighted by molar-refractivity contribution is -0.135. The van der Waals surface area contributed by atoms with E-state index in [0.29, 0.717) is 28.7 Å². The number of aromatic nitrogens is 1. The molecule has 0 fully saturated rings. The van der Waals surface area contributed by atoms with Crippen molar-refractivity contribution >= 4 is 11.8 Å². The van der Waals surface area contributed by atoms with Crippen molar-refractivity contribution < 1.29 is 27.9 Å². The summed E-state index contributed by atoms with van der Waals surface area (Å²) in [6, 6.07) is 12.8. The molecule has 0 bridgehead atoms. The zero-order valence-electron chi connectivity index (χ0n) is 15.8. The Morgan fingerprint density at radius 2 is 1.83 bits per heavy atom. The van der Waals surface area contributed by atoms with Gasteiger partial charge in [-0.1, -0.05) is 12.1 Å².